The molecule has 10 nitrogen and oxygen atoms in total. The van der Waals surface area contributed by atoms with Crippen LogP contribution in [0, 0.1) is 6.92 Å². The number of hydrogen-bond donors (Lipinski definition) is 3. The topological polar surface area (TPSA) is 129 Å². The number of nitrogens with one attached hydrogen (secondary N) is 2. The van der Waals surface area contributed by atoms with Crippen LogP contribution in [0.1, 0.15) is 18.2 Å². The Morgan fingerprint density at radius 2 is 2.00 bits per heavy atom. The fraction of sp³-hybridized carbons (Fsp3) is 0.250. The van der Waals surface area contributed by atoms with Gasteiger partial charge in [-0.25, -0.2) is 9.67 Å². The van der Waals surface area contributed by atoms with Gasteiger partial charge < -0.3 is 20.9 Å². The molecule has 10 heteroatoms. The first kappa shape index (κ1) is 19.4. The number of carbonyl (C=O) groups excluding carboxylic acids is 1. The van der Waals surface area contributed by atoms with E-state index in [9.17, 15) is 4.79 Å². The van der Waals surface area contributed by atoms with E-state index in [4.69, 9.17) is 5.73 Å². The van der Waals surface area contributed by atoms with Gasteiger partial charge in [-0.15, -0.1) is 0 Å². The van der Waals surface area contributed by atoms with Crippen LogP contribution in [0.4, 0.5) is 17.6 Å². The maximum absolute atomic E-state index is 12.6. The first-order valence-corrected chi connectivity index (χ1v) is 9.64. The van der Waals surface area contributed by atoms with Crippen molar-refractivity contribution >= 4 is 34.7 Å². The number of fused-ring (bicyclic) bond motifs is 1. The Kier molecular flexibility index (Phi) is 5.29. The van der Waals surface area contributed by atoms with Crippen molar-refractivity contribution in [3.63, 3.8) is 0 Å². The van der Waals surface area contributed by atoms with Gasteiger partial charge >= 0.3 is 0 Å². The average molecular weight is 405 g/mol. The van der Waals surface area contributed by atoms with Crippen LogP contribution >= 0.6 is 0 Å². The monoisotopic (exact) mass is 405 g/mol. The Labute approximate surface area is 173 Å². The molecule has 0 aliphatic rings. The summed E-state index contributed by atoms with van der Waals surface area (Å²) in [5.74, 6) is 1.09. The summed E-state index contributed by atoms with van der Waals surface area (Å²) < 4.78 is 3.39. The molecule has 1 amide bonds. The minimum Gasteiger partial charge on any atom is -0.368 e. The van der Waals surface area contributed by atoms with Crippen LogP contribution in [0.3, 0.4) is 0 Å². The third-order valence-electron chi connectivity index (χ3n) is 4.57. The largest absolute Gasteiger partial charge is 0.368 e. The number of amides is 1. The molecule has 4 aromatic rings. The van der Waals surface area contributed by atoms with Crippen molar-refractivity contribution in [2.45, 2.75) is 33.5 Å². The second-order valence-electron chi connectivity index (χ2n) is 6.85. The summed E-state index contributed by atoms with van der Waals surface area (Å²) in [4.78, 5) is 25.5. The second-order valence-corrected chi connectivity index (χ2v) is 6.85. The van der Waals surface area contributed by atoms with Crippen molar-refractivity contribution in [2.24, 2.45) is 0 Å². The van der Waals surface area contributed by atoms with Gasteiger partial charge in [0.05, 0.1) is 12.0 Å². The van der Waals surface area contributed by atoms with Gasteiger partial charge in [0.25, 0.3) is 0 Å². The molecule has 4 rings (SSSR count). The molecular weight excluding hydrogens is 382 g/mol. The van der Waals surface area contributed by atoms with E-state index >= 15 is 0 Å². The Hall–Kier alpha value is -3.95. The summed E-state index contributed by atoms with van der Waals surface area (Å²) in [7, 11) is 0. The van der Waals surface area contributed by atoms with Crippen LogP contribution in [0.5, 0.6) is 0 Å². The number of nitrogens with two attached hydrogens (primary N) is 1. The molecule has 0 fully saturated rings. The zero-order chi connectivity index (χ0) is 21.1. The zero-order valence-electron chi connectivity index (χ0n) is 16.8. The third-order valence-corrected chi connectivity index (χ3v) is 4.57. The SMILES string of the molecule is CCn1nc(C)cc1NC(=O)Cn1cnc2c(NCc3ccccc3)nc(N)nc21. The Morgan fingerprint density at radius 1 is 1.20 bits per heavy atom. The zero-order valence-corrected chi connectivity index (χ0v) is 16.8. The summed E-state index contributed by atoms with van der Waals surface area (Å²) in [6.45, 7) is 5.13. The van der Waals surface area contributed by atoms with Gasteiger partial charge in [0, 0.05) is 19.2 Å². The molecule has 0 aliphatic carbocycles. The molecule has 4 N–H and O–H groups in total. The Balaban J connectivity index is 1.53. The molecule has 154 valence electrons. The van der Waals surface area contributed by atoms with E-state index in [1.54, 1.807) is 15.6 Å². The summed E-state index contributed by atoms with van der Waals surface area (Å²) >= 11 is 0. The van der Waals surface area contributed by atoms with Crippen LogP contribution in [-0.2, 0) is 24.4 Å². The van der Waals surface area contributed by atoms with Gasteiger partial charge in [0.2, 0.25) is 11.9 Å². The van der Waals surface area contributed by atoms with Gasteiger partial charge in [-0.1, -0.05) is 30.3 Å². The fourth-order valence-corrected chi connectivity index (χ4v) is 3.21. The summed E-state index contributed by atoms with van der Waals surface area (Å²) in [5.41, 5.74) is 8.90. The van der Waals surface area contributed by atoms with Gasteiger partial charge in [0.1, 0.15) is 12.4 Å². The number of nitrogen functional groups attached to an aromatic ring is 1. The van der Waals surface area contributed by atoms with E-state index < -0.39 is 0 Å². The summed E-state index contributed by atoms with van der Waals surface area (Å²) in [6.07, 6.45) is 1.56. The number of anilines is 3. The van der Waals surface area contributed by atoms with Gasteiger partial charge in [-0.2, -0.15) is 15.1 Å². The van der Waals surface area contributed by atoms with E-state index in [1.807, 2.05) is 50.2 Å². The lowest BCUT2D eigenvalue weighted by Gasteiger charge is -2.09. The van der Waals surface area contributed by atoms with Crippen LogP contribution in [0.15, 0.2) is 42.7 Å². The number of aromatic nitrogens is 6. The fourth-order valence-electron chi connectivity index (χ4n) is 3.21. The third kappa shape index (κ3) is 4.07. The van der Waals surface area contributed by atoms with Crippen molar-refractivity contribution in [3.05, 3.63) is 54.0 Å². The van der Waals surface area contributed by atoms with Crippen molar-refractivity contribution in [1.82, 2.24) is 29.3 Å². The van der Waals surface area contributed by atoms with Gasteiger partial charge in [0.15, 0.2) is 17.0 Å². The molecule has 3 heterocycles. The van der Waals surface area contributed by atoms with Crippen molar-refractivity contribution < 1.29 is 4.79 Å². The number of nitrogens with zero attached hydrogens (tertiary/aromatic N) is 6. The second kappa shape index (κ2) is 8.19. The Bertz CT molecular complexity index is 1180. The number of imidazole rings is 1. The highest BCUT2D eigenvalue weighted by Gasteiger charge is 2.15. The van der Waals surface area contributed by atoms with Crippen molar-refractivity contribution in [2.75, 3.05) is 16.4 Å². The number of aryl methyl sites for hydroxylation is 2. The molecule has 3 aromatic heterocycles. The van der Waals surface area contributed by atoms with Gasteiger partial charge in [-0.3, -0.25) is 4.79 Å². The van der Waals surface area contributed by atoms with E-state index in [0.29, 0.717) is 35.9 Å². The standard InChI is InChI=1S/C20H23N9O/c1-3-29-15(9-13(2)27-29)24-16(30)11-28-12-23-17-18(25-20(21)26-19(17)28)22-10-14-7-5-4-6-8-14/h4-9,12H,3,10-11H2,1-2H3,(H,24,30)(H3,21,22,25,26). The van der Waals surface area contributed by atoms with E-state index in [2.05, 4.69) is 30.7 Å². The first-order chi connectivity index (χ1) is 14.5. The molecule has 1 aromatic carbocycles. The maximum atomic E-state index is 12.6. The van der Waals surface area contributed by atoms with E-state index in [1.165, 1.54) is 0 Å². The van der Waals surface area contributed by atoms with Crippen LogP contribution in [-0.4, -0.2) is 35.2 Å². The molecule has 0 bridgehead atoms. The highest BCUT2D eigenvalue weighted by Crippen LogP contribution is 2.21. The first-order valence-electron chi connectivity index (χ1n) is 9.64. The van der Waals surface area contributed by atoms with E-state index in [0.717, 1.165) is 11.3 Å². The van der Waals surface area contributed by atoms with E-state index in [-0.39, 0.29) is 18.4 Å². The predicted octanol–water partition coefficient (Wildman–Crippen LogP) is 2.18. The lowest BCUT2D eigenvalue weighted by atomic mass is 10.2. The number of hydrogen-bond acceptors (Lipinski definition) is 7. The predicted molar refractivity (Wildman–Crippen MR) is 115 cm³/mol. The highest BCUT2D eigenvalue weighted by atomic mass is 16.2. The summed E-state index contributed by atoms with van der Waals surface area (Å²) in [6, 6.07) is 11.8. The van der Waals surface area contributed by atoms with Crippen molar-refractivity contribution in [3.8, 4) is 0 Å². The number of carbonyl (C=O) groups is 1. The smallest absolute Gasteiger partial charge is 0.245 e. The lowest BCUT2D eigenvalue weighted by Crippen LogP contribution is -2.20. The highest BCUT2D eigenvalue weighted by molar-refractivity contribution is 5.91. The van der Waals surface area contributed by atoms with Crippen LogP contribution in [0.25, 0.3) is 11.2 Å². The Morgan fingerprint density at radius 3 is 2.77 bits per heavy atom. The molecule has 0 saturated carbocycles. The molecule has 0 saturated heterocycles. The molecule has 0 aliphatic heterocycles. The van der Waals surface area contributed by atoms with Crippen molar-refractivity contribution in [1.29, 1.82) is 0 Å². The molecule has 0 radical (unpaired) electrons. The van der Waals surface area contributed by atoms with Crippen LogP contribution < -0.4 is 16.4 Å². The lowest BCUT2D eigenvalue weighted by molar-refractivity contribution is -0.116. The average Bonchev–Trinajstić information content (AvgIpc) is 3.29. The molecule has 0 unspecified atom stereocenters. The normalized spacial score (nSPS) is 11.0. The molecule has 0 spiro atoms. The molecular formula is C20H23N9O. The molecule has 0 atom stereocenters. The minimum atomic E-state index is -0.208. The quantitative estimate of drug-likeness (QED) is 0.430. The van der Waals surface area contributed by atoms with Gasteiger partial charge in [-0.05, 0) is 19.4 Å². The number of benzene rings is 1. The van der Waals surface area contributed by atoms with Crippen LogP contribution in [0.2, 0.25) is 0 Å². The number of rotatable bonds is 7. The minimum absolute atomic E-state index is 0.0407. The summed E-state index contributed by atoms with van der Waals surface area (Å²) in [5, 5.41) is 10.5. The molecule has 30 heavy (non-hydrogen) atoms. The maximum Gasteiger partial charge on any atom is 0.245 e.